The molecule has 1 aromatic heterocycles. The van der Waals surface area contributed by atoms with Crippen molar-refractivity contribution in [1.29, 1.82) is 0 Å². The first-order valence-corrected chi connectivity index (χ1v) is 7.73. The molecule has 1 fully saturated rings. The lowest BCUT2D eigenvalue weighted by atomic mass is 10.2. The highest BCUT2D eigenvalue weighted by atomic mass is 35.5. The van der Waals surface area contributed by atoms with Crippen LogP contribution in [0.1, 0.15) is 11.1 Å². The number of carbonyl (C=O) groups is 2. The minimum Gasteiger partial charge on any atom is -0.268 e. The van der Waals surface area contributed by atoms with Gasteiger partial charge in [-0.3, -0.25) is 19.5 Å². The Labute approximate surface area is 136 Å². The van der Waals surface area contributed by atoms with E-state index in [1.54, 1.807) is 36.7 Å². The topological polar surface area (TPSA) is 50.3 Å². The largest absolute Gasteiger partial charge is 0.293 e. The molecule has 2 amide bonds. The molecule has 4 nitrogen and oxygen atoms in total. The highest BCUT2D eigenvalue weighted by Gasteiger charge is 2.35. The number of rotatable bonds is 3. The van der Waals surface area contributed by atoms with E-state index in [9.17, 15) is 9.59 Å². The third kappa shape index (κ3) is 3.05. The number of halogens is 1. The SMILES string of the molecule is O=C1S/C(=C\c2cccnc2)C(=O)N1Cc1ccccc1Cl. The molecule has 0 N–H and O–H groups in total. The molecule has 2 aromatic rings. The van der Waals surface area contributed by atoms with Crippen LogP contribution in [0.5, 0.6) is 0 Å². The summed E-state index contributed by atoms with van der Waals surface area (Å²) in [6.07, 6.45) is 4.97. The predicted molar refractivity (Wildman–Crippen MR) is 87.2 cm³/mol. The lowest BCUT2D eigenvalue weighted by molar-refractivity contribution is -0.123. The van der Waals surface area contributed by atoms with E-state index >= 15 is 0 Å². The van der Waals surface area contributed by atoms with Gasteiger partial charge in [0.15, 0.2) is 0 Å². The van der Waals surface area contributed by atoms with Gasteiger partial charge in [-0.1, -0.05) is 35.9 Å². The quantitative estimate of drug-likeness (QED) is 0.799. The van der Waals surface area contributed by atoms with Gasteiger partial charge in [-0.2, -0.15) is 0 Å². The minimum absolute atomic E-state index is 0.175. The van der Waals surface area contributed by atoms with Crippen LogP contribution in [0.2, 0.25) is 5.02 Å². The maximum Gasteiger partial charge on any atom is 0.293 e. The minimum atomic E-state index is -0.307. The van der Waals surface area contributed by atoms with E-state index in [1.807, 2.05) is 18.2 Å². The zero-order valence-electron chi connectivity index (χ0n) is 11.4. The second kappa shape index (κ2) is 6.34. The number of imide groups is 1. The Bertz CT molecular complexity index is 762. The first kappa shape index (κ1) is 14.8. The monoisotopic (exact) mass is 330 g/mol. The zero-order valence-corrected chi connectivity index (χ0v) is 13.0. The molecule has 0 bridgehead atoms. The Morgan fingerprint density at radius 3 is 2.73 bits per heavy atom. The molecule has 3 rings (SSSR count). The first-order chi connectivity index (χ1) is 10.6. The average Bonchev–Trinajstić information content (AvgIpc) is 2.78. The van der Waals surface area contributed by atoms with Crippen molar-refractivity contribution < 1.29 is 9.59 Å². The summed E-state index contributed by atoms with van der Waals surface area (Å²) in [5.74, 6) is -0.307. The smallest absolute Gasteiger partial charge is 0.268 e. The van der Waals surface area contributed by atoms with E-state index < -0.39 is 0 Å². The summed E-state index contributed by atoms with van der Waals surface area (Å²) >= 11 is 7.01. The Balaban J connectivity index is 1.83. The molecule has 0 aliphatic carbocycles. The highest BCUT2D eigenvalue weighted by Crippen LogP contribution is 2.33. The molecule has 2 heterocycles. The summed E-state index contributed by atoms with van der Waals surface area (Å²) in [5, 5.41) is 0.248. The van der Waals surface area contributed by atoms with E-state index in [0.29, 0.717) is 9.93 Å². The summed E-state index contributed by atoms with van der Waals surface area (Å²) in [5.41, 5.74) is 1.53. The number of hydrogen-bond acceptors (Lipinski definition) is 4. The van der Waals surface area contributed by atoms with Crippen molar-refractivity contribution in [3.8, 4) is 0 Å². The summed E-state index contributed by atoms with van der Waals surface area (Å²) < 4.78 is 0. The van der Waals surface area contributed by atoms with Gasteiger partial charge >= 0.3 is 0 Å². The maximum absolute atomic E-state index is 12.4. The molecule has 1 aliphatic heterocycles. The summed E-state index contributed by atoms with van der Waals surface area (Å²) in [6.45, 7) is 0.175. The van der Waals surface area contributed by atoms with Gasteiger partial charge in [-0.05, 0) is 41.1 Å². The van der Waals surface area contributed by atoms with Crippen molar-refractivity contribution in [1.82, 2.24) is 9.88 Å². The van der Waals surface area contributed by atoms with Gasteiger partial charge in [-0.25, -0.2) is 0 Å². The van der Waals surface area contributed by atoms with Crippen molar-refractivity contribution >= 4 is 40.6 Å². The second-order valence-corrected chi connectivity index (χ2v) is 6.05. The molecule has 0 spiro atoms. The molecule has 1 aromatic carbocycles. The number of nitrogens with zero attached hydrogens (tertiary/aromatic N) is 2. The predicted octanol–water partition coefficient (Wildman–Crippen LogP) is 3.97. The fourth-order valence-corrected chi connectivity index (χ4v) is 3.08. The first-order valence-electron chi connectivity index (χ1n) is 6.54. The van der Waals surface area contributed by atoms with Crippen LogP contribution in [0.3, 0.4) is 0 Å². The fraction of sp³-hybridized carbons (Fsp3) is 0.0625. The number of pyridine rings is 1. The molecule has 1 saturated heterocycles. The van der Waals surface area contributed by atoms with Crippen molar-refractivity contribution in [2.45, 2.75) is 6.54 Å². The lowest BCUT2D eigenvalue weighted by Crippen LogP contribution is -2.27. The van der Waals surface area contributed by atoms with Crippen LogP contribution in [0.15, 0.2) is 53.7 Å². The number of benzene rings is 1. The molecule has 22 heavy (non-hydrogen) atoms. The van der Waals surface area contributed by atoms with E-state index in [1.165, 1.54) is 4.90 Å². The van der Waals surface area contributed by atoms with E-state index in [4.69, 9.17) is 11.6 Å². The van der Waals surface area contributed by atoms with E-state index in [-0.39, 0.29) is 17.7 Å². The van der Waals surface area contributed by atoms with Crippen LogP contribution in [-0.4, -0.2) is 21.0 Å². The average molecular weight is 331 g/mol. The highest BCUT2D eigenvalue weighted by molar-refractivity contribution is 8.18. The van der Waals surface area contributed by atoms with Crippen molar-refractivity contribution in [3.63, 3.8) is 0 Å². The Morgan fingerprint density at radius 2 is 2.00 bits per heavy atom. The van der Waals surface area contributed by atoms with Crippen LogP contribution >= 0.6 is 23.4 Å². The third-order valence-electron chi connectivity index (χ3n) is 3.14. The van der Waals surface area contributed by atoms with Crippen molar-refractivity contribution in [2.24, 2.45) is 0 Å². The molecule has 110 valence electrons. The van der Waals surface area contributed by atoms with Gasteiger partial charge in [0.2, 0.25) is 0 Å². The molecule has 0 unspecified atom stereocenters. The number of amides is 2. The number of aromatic nitrogens is 1. The Morgan fingerprint density at radius 1 is 1.18 bits per heavy atom. The van der Waals surface area contributed by atoms with Crippen LogP contribution < -0.4 is 0 Å². The van der Waals surface area contributed by atoms with Gasteiger partial charge in [0.1, 0.15) is 0 Å². The van der Waals surface area contributed by atoms with Crippen LogP contribution in [0.4, 0.5) is 4.79 Å². The summed E-state index contributed by atoms with van der Waals surface area (Å²) in [7, 11) is 0. The normalized spacial score (nSPS) is 16.6. The van der Waals surface area contributed by atoms with Crippen LogP contribution in [0.25, 0.3) is 6.08 Å². The van der Waals surface area contributed by atoms with E-state index in [0.717, 1.165) is 22.9 Å². The lowest BCUT2D eigenvalue weighted by Gasteiger charge is -2.13. The standard InChI is InChI=1S/C16H11ClN2O2S/c17-13-6-2-1-5-12(13)10-19-15(20)14(22-16(19)21)8-11-4-3-7-18-9-11/h1-9H,10H2/b14-8-. The molecule has 6 heteroatoms. The van der Waals surface area contributed by atoms with Gasteiger partial charge in [0.05, 0.1) is 11.4 Å². The third-order valence-corrected chi connectivity index (χ3v) is 4.42. The van der Waals surface area contributed by atoms with Gasteiger partial charge in [0.25, 0.3) is 11.1 Å². The molecule has 0 radical (unpaired) electrons. The van der Waals surface area contributed by atoms with Gasteiger partial charge in [0, 0.05) is 17.4 Å². The maximum atomic E-state index is 12.4. The summed E-state index contributed by atoms with van der Waals surface area (Å²) in [6, 6.07) is 10.8. The summed E-state index contributed by atoms with van der Waals surface area (Å²) in [4.78, 5) is 30.0. The molecule has 1 aliphatic rings. The molecular weight excluding hydrogens is 320 g/mol. The van der Waals surface area contributed by atoms with Crippen molar-refractivity contribution in [3.05, 3.63) is 69.8 Å². The van der Waals surface area contributed by atoms with Crippen LogP contribution in [0, 0.1) is 0 Å². The van der Waals surface area contributed by atoms with Crippen LogP contribution in [-0.2, 0) is 11.3 Å². The zero-order chi connectivity index (χ0) is 15.5. The van der Waals surface area contributed by atoms with Gasteiger partial charge < -0.3 is 0 Å². The fourth-order valence-electron chi connectivity index (χ4n) is 2.05. The Kier molecular flexibility index (Phi) is 4.27. The van der Waals surface area contributed by atoms with Crippen molar-refractivity contribution in [2.75, 3.05) is 0 Å². The molecule has 0 saturated carbocycles. The Hall–Kier alpha value is -2.11. The van der Waals surface area contributed by atoms with Gasteiger partial charge in [-0.15, -0.1) is 0 Å². The number of carbonyl (C=O) groups excluding carboxylic acids is 2. The van der Waals surface area contributed by atoms with E-state index in [2.05, 4.69) is 4.98 Å². The number of hydrogen-bond donors (Lipinski definition) is 0. The molecular formula is C16H11ClN2O2S. The molecule has 0 atom stereocenters. The number of thioether (sulfide) groups is 1. The second-order valence-electron chi connectivity index (χ2n) is 4.65.